The molecule has 0 saturated heterocycles. The Kier molecular flexibility index (Phi) is 4.39. The zero-order valence-corrected chi connectivity index (χ0v) is 10.8. The predicted octanol–water partition coefficient (Wildman–Crippen LogP) is 3.69. The first-order valence-electron chi connectivity index (χ1n) is 6.54. The molecular formula is C16H18O3. The second kappa shape index (κ2) is 6.23. The predicted molar refractivity (Wildman–Crippen MR) is 75.0 cm³/mol. The smallest absolute Gasteiger partial charge is 0.342 e. The molecule has 0 saturated carbocycles. The number of esters is 1. The fourth-order valence-electron chi connectivity index (χ4n) is 2.10. The zero-order valence-electron chi connectivity index (χ0n) is 10.8. The van der Waals surface area contributed by atoms with E-state index in [0.29, 0.717) is 0 Å². The summed E-state index contributed by atoms with van der Waals surface area (Å²) < 4.78 is 5.42. The monoisotopic (exact) mass is 258 g/mol. The molecule has 1 aliphatic rings. The van der Waals surface area contributed by atoms with E-state index >= 15 is 0 Å². The van der Waals surface area contributed by atoms with Crippen molar-refractivity contribution in [3.05, 3.63) is 48.1 Å². The van der Waals surface area contributed by atoms with Gasteiger partial charge in [-0.1, -0.05) is 24.8 Å². The number of hydrogen-bond acceptors (Lipinski definition) is 3. The number of phenols is 1. The minimum absolute atomic E-state index is 0.0619. The Balaban J connectivity index is 2.12. The minimum Gasteiger partial charge on any atom is -0.507 e. The van der Waals surface area contributed by atoms with Gasteiger partial charge in [0, 0.05) is 0 Å². The third kappa shape index (κ3) is 3.47. The van der Waals surface area contributed by atoms with Crippen molar-refractivity contribution in [3.63, 3.8) is 0 Å². The Morgan fingerprint density at radius 1 is 1.42 bits per heavy atom. The van der Waals surface area contributed by atoms with Gasteiger partial charge in [-0.3, -0.25) is 0 Å². The number of benzene rings is 1. The third-order valence-corrected chi connectivity index (χ3v) is 3.19. The van der Waals surface area contributed by atoms with Crippen molar-refractivity contribution in [1.29, 1.82) is 0 Å². The van der Waals surface area contributed by atoms with Crippen LogP contribution < -0.4 is 0 Å². The molecule has 0 aliphatic heterocycles. The number of rotatable bonds is 3. The summed E-state index contributed by atoms with van der Waals surface area (Å²) in [7, 11) is 0. The van der Waals surface area contributed by atoms with Crippen molar-refractivity contribution in [2.75, 3.05) is 0 Å². The molecule has 1 N–H and O–H groups in total. The lowest BCUT2D eigenvalue weighted by Crippen LogP contribution is -2.16. The first-order valence-corrected chi connectivity index (χ1v) is 6.54. The highest BCUT2D eigenvalue weighted by Crippen LogP contribution is 2.22. The highest BCUT2D eigenvalue weighted by Gasteiger charge is 2.18. The summed E-state index contributed by atoms with van der Waals surface area (Å²) in [5.74, 6) is -0.550. The van der Waals surface area contributed by atoms with Crippen LogP contribution >= 0.6 is 0 Å². The van der Waals surface area contributed by atoms with Crippen LogP contribution in [0.4, 0.5) is 0 Å². The number of allylic oxidation sites excluding steroid dienone is 1. The summed E-state index contributed by atoms with van der Waals surface area (Å²) in [6, 6.07) is 4.77. The molecule has 1 aromatic rings. The Labute approximate surface area is 113 Å². The largest absolute Gasteiger partial charge is 0.507 e. The maximum atomic E-state index is 12.1. The van der Waals surface area contributed by atoms with Crippen molar-refractivity contribution in [2.24, 2.45) is 0 Å². The second-order valence-electron chi connectivity index (χ2n) is 4.64. The molecule has 1 unspecified atom stereocenters. The van der Waals surface area contributed by atoms with Crippen molar-refractivity contribution in [2.45, 2.75) is 31.8 Å². The number of hydrogen-bond donors (Lipinski definition) is 1. The van der Waals surface area contributed by atoms with Crippen molar-refractivity contribution < 1.29 is 14.6 Å². The van der Waals surface area contributed by atoms with Crippen molar-refractivity contribution in [3.8, 4) is 5.75 Å². The zero-order chi connectivity index (χ0) is 13.7. The molecule has 3 heteroatoms. The lowest BCUT2D eigenvalue weighted by Gasteiger charge is -2.13. The average Bonchev–Trinajstić information content (AvgIpc) is 2.68. The first-order chi connectivity index (χ1) is 9.20. The van der Waals surface area contributed by atoms with Gasteiger partial charge in [-0.2, -0.15) is 0 Å². The van der Waals surface area contributed by atoms with Gasteiger partial charge >= 0.3 is 5.97 Å². The molecule has 1 atom stereocenters. The number of carbonyl (C=O) groups excluding carboxylic acids is 1. The Morgan fingerprint density at radius 3 is 3.05 bits per heavy atom. The van der Waals surface area contributed by atoms with Gasteiger partial charge in [-0.05, 0) is 49.5 Å². The summed E-state index contributed by atoms with van der Waals surface area (Å²) in [4.78, 5) is 12.1. The van der Waals surface area contributed by atoms with Gasteiger partial charge < -0.3 is 9.84 Å². The van der Waals surface area contributed by atoms with Crippen LogP contribution in [-0.2, 0) is 4.74 Å². The summed E-state index contributed by atoms with van der Waals surface area (Å²) in [5.41, 5.74) is 0.969. The van der Waals surface area contributed by atoms with Crippen LogP contribution in [0.1, 0.15) is 41.6 Å². The van der Waals surface area contributed by atoms with Crippen molar-refractivity contribution in [1.82, 2.24) is 0 Å². The van der Waals surface area contributed by atoms with Gasteiger partial charge in [0.15, 0.2) is 0 Å². The molecular weight excluding hydrogens is 240 g/mol. The minimum atomic E-state index is -0.488. The van der Waals surface area contributed by atoms with Crippen LogP contribution in [-0.4, -0.2) is 17.2 Å². The van der Waals surface area contributed by atoms with Crippen LogP contribution in [0.5, 0.6) is 5.75 Å². The molecule has 0 heterocycles. The standard InChI is InChI=1S/C16H18O3/c1-2-12-9-10-15(17)14(11-12)16(18)19-13-7-5-3-4-6-8-13/h2,5,7,9-11,13,17H,1,3-4,6,8H2. The molecule has 0 amide bonds. The van der Waals surface area contributed by atoms with E-state index in [4.69, 9.17) is 4.74 Å². The van der Waals surface area contributed by atoms with Crippen LogP contribution in [0.2, 0.25) is 0 Å². The summed E-state index contributed by atoms with van der Waals surface area (Å²) >= 11 is 0. The normalized spacial score (nSPS) is 18.6. The first kappa shape index (κ1) is 13.4. The molecule has 1 aliphatic carbocycles. The quantitative estimate of drug-likeness (QED) is 0.664. The fraction of sp³-hybridized carbons (Fsp3) is 0.312. The van der Waals surface area contributed by atoms with E-state index < -0.39 is 5.97 Å². The van der Waals surface area contributed by atoms with E-state index in [2.05, 4.69) is 6.58 Å². The lowest BCUT2D eigenvalue weighted by molar-refractivity contribution is 0.0376. The van der Waals surface area contributed by atoms with Gasteiger partial charge in [0.25, 0.3) is 0 Å². The summed E-state index contributed by atoms with van der Waals surface area (Å²) in [6.07, 6.45) is 9.45. The molecule has 0 bridgehead atoms. The van der Waals surface area contributed by atoms with E-state index in [1.165, 1.54) is 6.07 Å². The number of aromatic hydroxyl groups is 1. The molecule has 100 valence electrons. The van der Waals surface area contributed by atoms with Crippen LogP contribution in [0, 0.1) is 0 Å². The van der Waals surface area contributed by atoms with E-state index in [1.807, 2.05) is 12.2 Å². The van der Waals surface area contributed by atoms with Gasteiger partial charge in [-0.15, -0.1) is 0 Å². The van der Waals surface area contributed by atoms with Gasteiger partial charge in [0.05, 0.1) is 0 Å². The third-order valence-electron chi connectivity index (χ3n) is 3.19. The van der Waals surface area contributed by atoms with Crippen LogP contribution in [0.25, 0.3) is 6.08 Å². The topological polar surface area (TPSA) is 46.5 Å². The molecule has 3 nitrogen and oxygen atoms in total. The van der Waals surface area contributed by atoms with E-state index in [-0.39, 0.29) is 17.4 Å². The maximum absolute atomic E-state index is 12.1. The van der Waals surface area contributed by atoms with Gasteiger partial charge in [0.1, 0.15) is 17.4 Å². The summed E-state index contributed by atoms with van der Waals surface area (Å²) in [6.45, 7) is 3.64. The number of phenolic OH excluding ortho intramolecular Hbond substituents is 1. The van der Waals surface area contributed by atoms with E-state index in [0.717, 1.165) is 31.2 Å². The highest BCUT2D eigenvalue weighted by atomic mass is 16.5. The van der Waals surface area contributed by atoms with E-state index in [1.54, 1.807) is 18.2 Å². The Bertz CT molecular complexity index is 503. The van der Waals surface area contributed by atoms with Crippen LogP contribution in [0.3, 0.4) is 0 Å². The lowest BCUT2D eigenvalue weighted by atomic mass is 10.1. The maximum Gasteiger partial charge on any atom is 0.342 e. The molecule has 0 fully saturated rings. The highest BCUT2D eigenvalue weighted by molar-refractivity contribution is 5.93. The molecule has 0 aromatic heterocycles. The van der Waals surface area contributed by atoms with Crippen LogP contribution in [0.15, 0.2) is 36.9 Å². The molecule has 0 radical (unpaired) electrons. The van der Waals surface area contributed by atoms with E-state index in [9.17, 15) is 9.90 Å². The molecule has 1 aromatic carbocycles. The Morgan fingerprint density at radius 2 is 2.26 bits per heavy atom. The van der Waals surface area contributed by atoms with Gasteiger partial charge in [-0.25, -0.2) is 4.79 Å². The second-order valence-corrected chi connectivity index (χ2v) is 4.64. The molecule has 19 heavy (non-hydrogen) atoms. The fourth-order valence-corrected chi connectivity index (χ4v) is 2.10. The number of ether oxygens (including phenoxy) is 1. The number of carbonyl (C=O) groups is 1. The van der Waals surface area contributed by atoms with Gasteiger partial charge in [0.2, 0.25) is 0 Å². The summed E-state index contributed by atoms with van der Waals surface area (Å²) in [5, 5.41) is 9.73. The average molecular weight is 258 g/mol. The molecule has 0 spiro atoms. The SMILES string of the molecule is C=Cc1ccc(O)c(C(=O)OC2C=CCCCC2)c1. The molecule has 2 rings (SSSR count). The van der Waals surface area contributed by atoms with Crippen molar-refractivity contribution >= 4 is 12.0 Å². The Hall–Kier alpha value is -2.03.